The maximum atomic E-state index is 12.4. The lowest BCUT2D eigenvalue weighted by atomic mass is 10.1. The van der Waals surface area contributed by atoms with E-state index in [1.807, 2.05) is 0 Å². The fourth-order valence-electron chi connectivity index (χ4n) is 2.33. The molecule has 138 valence electrons. The number of ether oxygens (including phenoxy) is 2. The first kappa shape index (κ1) is 19.6. The van der Waals surface area contributed by atoms with Crippen LogP contribution in [0.4, 0.5) is 4.79 Å². The molecule has 0 aromatic heterocycles. The second-order valence-electron chi connectivity index (χ2n) is 5.30. The van der Waals surface area contributed by atoms with E-state index >= 15 is 0 Å². The van der Waals surface area contributed by atoms with Crippen molar-refractivity contribution in [3.63, 3.8) is 0 Å². The number of rotatable bonds is 7. The van der Waals surface area contributed by atoms with Gasteiger partial charge in [-0.2, -0.15) is 0 Å². The van der Waals surface area contributed by atoms with E-state index < -0.39 is 23.7 Å². The van der Waals surface area contributed by atoms with Crippen molar-refractivity contribution in [3.05, 3.63) is 40.8 Å². The number of esters is 1. The SMILES string of the molecule is C=CCc1cc(C=C2SC(=O)N(CC(=O)OC)C2=O)cc(OCC)c1O. The first-order chi connectivity index (χ1) is 12.4. The standard InChI is InChI=1S/C18H19NO6S/c1-4-6-12-7-11(8-13(16(12)21)25-5-2)9-14-17(22)19(18(23)26-14)10-15(20)24-3/h4,7-9,21H,1,5-6,10H2,2-3H3. The molecule has 8 heteroatoms. The third kappa shape index (κ3) is 4.26. The number of nitrogens with zero attached hydrogens (tertiary/aromatic N) is 1. The Morgan fingerprint density at radius 1 is 1.38 bits per heavy atom. The van der Waals surface area contributed by atoms with Gasteiger partial charge in [0.05, 0.1) is 18.6 Å². The molecule has 0 atom stereocenters. The van der Waals surface area contributed by atoms with Crippen molar-refractivity contribution in [3.8, 4) is 11.5 Å². The number of phenols is 1. The van der Waals surface area contributed by atoms with Gasteiger partial charge in [-0.3, -0.25) is 19.3 Å². The molecule has 1 aromatic rings. The van der Waals surface area contributed by atoms with E-state index in [0.717, 1.165) is 16.7 Å². The molecule has 26 heavy (non-hydrogen) atoms. The van der Waals surface area contributed by atoms with Crippen LogP contribution in [0.25, 0.3) is 6.08 Å². The minimum atomic E-state index is -0.676. The Morgan fingerprint density at radius 3 is 2.73 bits per heavy atom. The Hall–Kier alpha value is -2.74. The van der Waals surface area contributed by atoms with Gasteiger partial charge in [-0.15, -0.1) is 6.58 Å². The summed E-state index contributed by atoms with van der Waals surface area (Å²) in [7, 11) is 1.18. The van der Waals surface area contributed by atoms with E-state index in [9.17, 15) is 19.5 Å². The number of thioether (sulfide) groups is 1. The Labute approximate surface area is 155 Å². The maximum Gasteiger partial charge on any atom is 0.325 e. The van der Waals surface area contributed by atoms with Crippen LogP contribution in [0.1, 0.15) is 18.1 Å². The largest absolute Gasteiger partial charge is 0.504 e. The zero-order valence-electron chi connectivity index (χ0n) is 14.5. The third-order valence-corrected chi connectivity index (χ3v) is 4.43. The Balaban J connectivity index is 2.36. The lowest BCUT2D eigenvalue weighted by molar-refractivity contribution is -0.143. The molecule has 0 unspecified atom stereocenters. The average Bonchev–Trinajstić information content (AvgIpc) is 2.86. The van der Waals surface area contributed by atoms with E-state index in [1.165, 1.54) is 13.2 Å². The molecule has 0 spiro atoms. The summed E-state index contributed by atoms with van der Waals surface area (Å²) >= 11 is 0.739. The van der Waals surface area contributed by atoms with Gasteiger partial charge in [-0.1, -0.05) is 6.08 Å². The molecule has 0 aliphatic carbocycles. The number of methoxy groups -OCH3 is 1. The van der Waals surface area contributed by atoms with Gasteiger partial charge < -0.3 is 14.6 Å². The van der Waals surface area contributed by atoms with Crippen molar-refractivity contribution in [1.29, 1.82) is 0 Å². The van der Waals surface area contributed by atoms with Gasteiger partial charge in [0.15, 0.2) is 11.5 Å². The van der Waals surface area contributed by atoms with E-state index in [4.69, 9.17) is 4.74 Å². The van der Waals surface area contributed by atoms with Crippen LogP contribution in [0.15, 0.2) is 29.7 Å². The van der Waals surface area contributed by atoms with Crippen LogP contribution in [-0.2, 0) is 20.7 Å². The number of carbonyl (C=O) groups is 3. The molecule has 1 aromatic carbocycles. The number of amides is 2. The van der Waals surface area contributed by atoms with Gasteiger partial charge in [0.1, 0.15) is 6.54 Å². The van der Waals surface area contributed by atoms with Crippen molar-refractivity contribution in [2.24, 2.45) is 0 Å². The summed E-state index contributed by atoms with van der Waals surface area (Å²) in [5, 5.41) is 9.68. The topological polar surface area (TPSA) is 93.1 Å². The highest BCUT2D eigenvalue weighted by Crippen LogP contribution is 2.36. The second kappa shape index (κ2) is 8.57. The summed E-state index contributed by atoms with van der Waals surface area (Å²) in [6.07, 6.45) is 3.58. The zero-order valence-corrected chi connectivity index (χ0v) is 15.3. The van der Waals surface area contributed by atoms with Crippen LogP contribution in [0, 0.1) is 0 Å². The number of hydrogen-bond acceptors (Lipinski definition) is 7. The quantitative estimate of drug-likeness (QED) is 0.444. The van der Waals surface area contributed by atoms with E-state index in [0.29, 0.717) is 24.2 Å². The van der Waals surface area contributed by atoms with Gasteiger partial charge in [-0.25, -0.2) is 0 Å². The van der Waals surface area contributed by atoms with Crippen LogP contribution in [0.5, 0.6) is 11.5 Å². The van der Waals surface area contributed by atoms with Gasteiger partial charge in [-0.05, 0) is 48.9 Å². The molecule has 0 radical (unpaired) electrons. The van der Waals surface area contributed by atoms with Crippen molar-refractivity contribution >= 4 is 35.0 Å². The highest BCUT2D eigenvalue weighted by atomic mass is 32.2. The van der Waals surface area contributed by atoms with E-state index in [1.54, 1.807) is 25.1 Å². The van der Waals surface area contributed by atoms with Crippen molar-refractivity contribution in [1.82, 2.24) is 4.90 Å². The number of aromatic hydroxyl groups is 1. The summed E-state index contributed by atoms with van der Waals surface area (Å²) in [6.45, 7) is 5.37. The maximum absolute atomic E-state index is 12.4. The molecular formula is C18H19NO6S. The fourth-order valence-corrected chi connectivity index (χ4v) is 3.17. The van der Waals surface area contributed by atoms with Crippen molar-refractivity contribution < 1.29 is 29.0 Å². The minimum absolute atomic E-state index is 0.0164. The normalized spacial score (nSPS) is 15.5. The molecule has 1 heterocycles. The molecule has 1 aliphatic rings. The highest BCUT2D eigenvalue weighted by Gasteiger charge is 2.36. The number of phenolic OH excluding ortho intramolecular Hbond substituents is 1. The summed E-state index contributed by atoms with van der Waals surface area (Å²) in [4.78, 5) is 36.7. The van der Waals surface area contributed by atoms with Gasteiger partial charge >= 0.3 is 5.97 Å². The number of benzene rings is 1. The molecular weight excluding hydrogens is 358 g/mol. The lowest BCUT2D eigenvalue weighted by Crippen LogP contribution is -2.34. The first-order valence-corrected chi connectivity index (χ1v) is 8.64. The molecule has 0 bridgehead atoms. The summed E-state index contributed by atoms with van der Waals surface area (Å²) in [5.41, 5.74) is 1.18. The van der Waals surface area contributed by atoms with E-state index in [2.05, 4.69) is 11.3 Å². The van der Waals surface area contributed by atoms with Crippen LogP contribution >= 0.6 is 11.8 Å². The average molecular weight is 377 g/mol. The number of imide groups is 1. The molecule has 1 saturated heterocycles. The van der Waals surface area contributed by atoms with Gasteiger partial charge in [0.25, 0.3) is 11.1 Å². The number of allylic oxidation sites excluding steroid dienone is 1. The molecule has 0 saturated carbocycles. The Kier molecular flexibility index (Phi) is 6.46. The third-order valence-electron chi connectivity index (χ3n) is 3.53. The molecule has 1 aliphatic heterocycles. The van der Waals surface area contributed by atoms with Crippen molar-refractivity contribution in [2.45, 2.75) is 13.3 Å². The predicted molar refractivity (Wildman–Crippen MR) is 97.9 cm³/mol. The zero-order chi connectivity index (χ0) is 19.3. The smallest absolute Gasteiger partial charge is 0.325 e. The number of hydrogen-bond donors (Lipinski definition) is 1. The van der Waals surface area contributed by atoms with E-state index in [-0.39, 0.29) is 16.4 Å². The van der Waals surface area contributed by atoms with Crippen LogP contribution in [0.3, 0.4) is 0 Å². The van der Waals surface area contributed by atoms with Crippen molar-refractivity contribution in [2.75, 3.05) is 20.3 Å². The highest BCUT2D eigenvalue weighted by molar-refractivity contribution is 8.18. The lowest BCUT2D eigenvalue weighted by Gasteiger charge is -2.11. The van der Waals surface area contributed by atoms with Crippen LogP contribution < -0.4 is 4.74 Å². The summed E-state index contributed by atoms with van der Waals surface area (Å²) in [6, 6.07) is 3.27. The predicted octanol–water partition coefficient (Wildman–Crippen LogP) is 2.73. The van der Waals surface area contributed by atoms with Gasteiger partial charge in [0, 0.05) is 5.56 Å². The fraction of sp³-hybridized carbons (Fsp3) is 0.278. The molecule has 1 fully saturated rings. The molecule has 1 N–H and O–H groups in total. The molecule has 2 rings (SSSR count). The first-order valence-electron chi connectivity index (χ1n) is 7.83. The minimum Gasteiger partial charge on any atom is -0.504 e. The summed E-state index contributed by atoms with van der Waals surface area (Å²) < 4.78 is 9.91. The Morgan fingerprint density at radius 2 is 2.12 bits per heavy atom. The molecule has 7 nitrogen and oxygen atoms in total. The summed E-state index contributed by atoms with van der Waals surface area (Å²) in [5.74, 6) is -0.943. The second-order valence-corrected chi connectivity index (χ2v) is 6.29. The van der Waals surface area contributed by atoms with Gasteiger partial charge in [0.2, 0.25) is 0 Å². The Bertz CT molecular complexity index is 786. The molecule has 2 amide bonds. The monoisotopic (exact) mass is 377 g/mol. The van der Waals surface area contributed by atoms with Crippen LogP contribution in [-0.4, -0.2) is 47.4 Å². The van der Waals surface area contributed by atoms with Crippen LogP contribution in [0.2, 0.25) is 0 Å². The number of carbonyl (C=O) groups excluding carboxylic acids is 3.